The molecule has 1 aliphatic rings. The normalized spacial score (nSPS) is 15.4. The van der Waals surface area contributed by atoms with E-state index in [1.54, 1.807) is 0 Å². The fourth-order valence-corrected chi connectivity index (χ4v) is 5.35. The topological polar surface area (TPSA) is 131 Å². The molecule has 2 heterocycles. The van der Waals surface area contributed by atoms with Crippen LogP contribution in [0.2, 0.25) is 0 Å². The average molecular weight is 434 g/mol. The van der Waals surface area contributed by atoms with E-state index < -0.39 is 26.9 Å². The molecule has 1 aromatic heterocycles. The second-order valence-electron chi connectivity index (χ2n) is 6.49. The van der Waals surface area contributed by atoms with Crippen molar-refractivity contribution in [2.24, 2.45) is 0 Å². The smallest absolute Gasteiger partial charge is 0.246 e. The number of nitrogens with one attached hydrogen (secondary N) is 2. The molecule has 0 bridgehead atoms. The molecule has 1 aliphatic heterocycles. The molecular formula is C18H19N5O4S2. The first-order chi connectivity index (χ1) is 13.9. The molecule has 1 atom stereocenters. The van der Waals surface area contributed by atoms with Gasteiger partial charge in [-0.2, -0.15) is 4.31 Å². The number of aromatic nitrogens is 2. The molecule has 0 saturated carbocycles. The summed E-state index contributed by atoms with van der Waals surface area (Å²) in [5, 5.41) is 16.5. The number of phenols is 1. The molecule has 9 nitrogen and oxygen atoms in total. The van der Waals surface area contributed by atoms with Gasteiger partial charge in [0, 0.05) is 27.5 Å². The van der Waals surface area contributed by atoms with Crippen LogP contribution in [0.15, 0.2) is 53.4 Å². The Morgan fingerprint density at radius 1 is 0.966 bits per heavy atom. The average Bonchev–Trinajstić information content (AvgIpc) is 3.35. The Labute approximate surface area is 171 Å². The van der Waals surface area contributed by atoms with Gasteiger partial charge < -0.3 is 20.3 Å². The standard InChI is InChI=1S/C18H19N5O4S2/c24-16-14(9-6-10-15(16)29(26,27)23-11-4-5-12-23)20-18-17(21-28(25)22-18)19-13-7-2-1-3-8-13/h1-3,6-10,24H,4-5,11-12H2,(H,19,21)(H,20,22). The lowest BCUT2D eigenvalue weighted by Crippen LogP contribution is -2.28. The van der Waals surface area contributed by atoms with E-state index in [0.717, 1.165) is 12.8 Å². The van der Waals surface area contributed by atoms with Crippen molar-refractivity contribution in [1.29, 1.82) is 0 Å². The van der Waals surface area contributed by atoms with Gasteiger partial charge in [-0.05, 0) is 37.1 Å². The van der Waals surface area contributed by atoms with Gasteiger partial charge in [0.25, 0.3) is 0 Å². The SMILES string of the molecule is O=S(=O)(c1cccc(Nc2n[s+]([O-])nc2Nc2ccccc2)c1O)N1CCCC1. The summed E-state index contributed by atoms with van der Waals surface area (Å²) in [7, 11) is -3.80. The summed E-state index contributed by atoms with van der Waals surface area (Å²) in [4.78, 5) is -0.182. The van der Waals surface area contributed by atoms with Gasteiger partial charge in [0.1, 0.15) is 4.90 Å². The third kappa shape index (κ3) is 4.03. The van der Waals surface area contributed by atoms with Gasteiger partial charge in [0.15, 0.2) is 16.9 Å². The number of para-hydroxylation sites is 2. The van der Waals surface area contributed by atoms with Crippen molar-refractivity contribution >= 4 is 44.2 Å². The van der Waals surface area contributed by atoms with Crippen molar-refractivity contribution in [3.63, 3.8) is 0 Å². The van der Waals surface area contributed by atoms with Crippen LogP contribution < -0.4 is 10.6 Å². The van der Waals surface area contributed by atoms with Crippen LogP contribution in [-0.2, 0) is 10.0 Å². The minimum Gasteiger partial charge on any atom is -0.546 e. The molecule has 3 N–H and O–H groups in total. The van der Waals surface area contributed by atoms with Crippen LogP contribution in [0.4, 0.5) is 23.0 Å². The number of benzene rings is 2. The van der Waals surface area contributed by atoms with Crippen LogP contribution in [0.3, 0.4) is 0 Å². The summed E-state index contributed by atoms with van der Waals surface area (Å²) in [5.74, 6) is -0.0567. The highest BCUT2D eigenvalue weighted by Gasteiger charge is 2.30. The van der Waals surface area contributed by atoms with Crippen molar-refractivity contribution in [2.75, 3.05) is 23.7 Å². The van der Waals surface area contributed by atoms with E-state index >= 15 is 0 Å². The molecule has 0 aliphatic carbocycles. The van der Waals surface area contributed by atoms with E-state index in [0.29, 0.717) is 18.8 Å². The number of hydrogen-bond acceptors (Lipinski definition) is 8. The lowest BCUT2D eigenvalue weighted by atomic mass is 10.3. The first kappa shape index (κ1) is 19.6. The third-order valence-electron chi connectivity index (χ3n) is 4.53. The fraction of sp³-hybridized carbons (Fsp3) is 0.222. The van der Waals surface area contributed by atoms with Gasteiger partial charge >= 0.3 is 0 Å². The molecule has 1 saturated heterocycles. The zero-order valence-corrected chi connectivity index (χ0v) is 16.9. The summed E-state index contributed by atoms with van der Waals surface area (Å²) in [6.07, 6.45) is 1.59. The predicted octanol–water partition coefficient (Wildman–Crippen LogP) is 3.18. The minimum absolute atomic E-state index is 0.130. The lowest BCUT2D eigenvalue weighted by Gasteiger charge is -2.17. The number of nitrogens with zero attached hydrogens (tertiary/aromatic N) is 3. The summed E-state index contributed by atoms with van der Waals surface area (Å²) in [5.41, 5.74) is 0.847. The molecule has 152 valence electrons. The first-order valence-corrected chi connectivity index (χ1v) is 11.5. The van der Waals surface area contributed by atoms with E-state index in [-0.39, 0.29) is 22.2 Å². The second-order valence-corrected chi connectivity index (χ2v) is 9.22. The number of hydrogen-bond donors (Lipinski definition) is 3. The van der Waals surface area contributed by atoms with Crippen molar-refractivity contribution in [3.8, 4) is 5.75 Å². The van der Waals surface area contributed by atoms with Crippen LogP contribution >= 0.6 is 11.1 Å². The molecule has 11 heteroatoms. The number of aromatic hydroxyl groups is 1. The summed E-state index contributed by atoms with van der Waals surface area (Å²) >= 11 is -1.82. The lowest BCUT2D eigenvalue weighted by molar-refractivity contribution is 0.445. The molecule has 4 rings (SSSR count). The van der Waals surface area contributed by atoms with Crippen LogP contribution in [0, 0.1) is 0 Å². The Kier molecular flexibility index (Phi) is 5.37. The maximum atomic E-state index is 12.8. The largest absolute Gasteiger partial charge is 0.546 e. The Bertz CT molecular complexity index is 1110. The first-order valence-electron chi connectivity index (χ1n) is 8.96. The molecular weight excluding hydrogens is 414 g/mol. The molecule has 1 unspecified atom stereocenters. The van der Waals surface area contributed by atoms with E-state index in [2.05, 4.69) is 19.4 Å². The Hall–Kier alpha value is -2.73. The number of anilines is 4. The summed E-state index contributed by atoms with van der Waals surface area (Å²) in [6, 6.07) is 13.5. The highest BCUT2D eigenvalue weighted by Crippen LogP contribution is 2.37. The van der Waals surface area contributed by atoms with Crippen LogP contribution in [-0.4, -0.2) is 44.2 Å². The second kappa shape index (κ2) is 7.95. The Morgan fingerprint density at radius 3 is 2.31 bits per heavy atom. The van der Waals surface area contributed by atoms with E-state index in [1.165, 1.54) is 22.5 Å². The Balaban J connectivity index is 1.64. The monoisotopic (exact) mass is 433 g/mol. The van der Waals surface area contributed by atoms with Crippen LogP contribution in [0.1, 0.15) is 12.8 Å². The maximum Gasteiger partial charge on any atom is 0.246 e. The highest BCUT2D eigenvalue weighted by atomic mass is 32.2. The molecule has 29 heavy (non-hydrogen) atoms. The van der Waals surface area contributed by atoms with Crippen molar-refractivity contribution < 1.29 is 18.1 Å². The van der Waals surface area contributed by atoms with Gasteiger partial charge in [0.2, 0.25) is 21.7 Å². The number of sulfonamides is 1. The predicted molar refractivity (Wildman–Crippen MR) is 110 cm³/mol. The molecule has 1 fully saturated rings. The van der Waals surface area contributed by atoms with E-state index in [1.807, 2.05) is 30.3 Å². The zero-order valence-electron chi connectivity index (χ0n) is 15.3. The third-order valence-corrected chi connectivity index (χ3v) is 7.14. The highest BCUT2D eigenvalue weighted by molar-refractivity contribution is 7.89. The summed E-state index contributed by atoms with van der Waals surface area (Å²) in [6.45, 7) is 0.867. The Morgan fingerprint density at radius 2 is 1.62 bits per heavy atom. The minimum atomic E-state index is -3.80. The van der Waals surface area contributed by atoms with Gasteiger partial charge in [-0.3, -0.25) is 0 Å². The molecule has 3 aromatic rings. The zero-order chi connectivity index (χ0) is 20.4. The molecule has 0 radical (unpaired) electrons. The maximum absolute atomic E-state index is 12.8. The fourth-order valence-electron chi connectivity index (χ4n) is 3.11. The van der Waals surface area contributed by atoms with Gasteiger partial charge in [-0.25, -0.2) is 8.42 Å². The number of rotatable bonds is 6. The van der Waals surface area contributed by atoms with Crippen molar-refractivity contribution in [2.45, 2.75) is 17.7 Å². The van der Waals surface area contributed by atoms with Crippen LogP contribution in [0.25, 0.3) is 0 Å². The van der Waals surface area contributed by atoms with Gasteiger partial charge in [-0.1, -0.05) is 24.3 Å². The quantitative estimate of drug-likeness (QED) is 0.399. The molecule has 2 aromatic carbocycles. The van der Waals surface area contributed by atoms with Gasteiger partial charge in [0.05, 0.1) is 5.69 Å². The van der Waals surface area contributed by atoms with E-state index in [9.17, 15) is 18.1 Å². The molecule has 0 amide bonds. The van der Waals surface area contributed by atoms with Crippen molar-refractivity contribution in [3.05, 3.63) is 48.5 Å². The van der Waals surface area contributed by atoms with Crippen molar-refractivity contribution in [1.82, 2.24) is 13.1 Å². The summed E-state index contributed by atoms with van der Waals surface area (Å²) < 4.78 is 46.7. The number of phenolic OH excluding ortho intramolecular Hbond substituents is 1. The van der Waals surface area contributed by atoms with Crippen LogP contribution in [0.5, 0.6) is 5.75 Å². The molecule has 0 spiro atoms. The van der Waals surface area contributed by atoms with E-state index in [4.69, 9.17) is 0 Å². The van der Waals surface area contributed by atoms with Gasteiger partial charge in [-0.15, -0.1) is 0 Å².